The lowest BCUT2D eigenvalue weighted by Crippen LogP contribution is -2.56. The van der Waals surface area contributed by atoms with Crippen molar-refractivity contribution in [3.8, 4) is 0 Å². The maximum atomic E-state index is 14.0. The summed E-state index contributed by atoms with van der Waals surface area (Å²) in [6.07, 6.45) is 5.20. The highest BCUT2D eigenvalue weighted by atomic mass is 19.1. The third-order valence-corrected chi connectivity index (χ3v) is 5.75. The molecule has 2 heterocycles. The van der Waals surface area contributed by atoms with Crippen LogP contribution in [0.3, 0.4) is 0 Å². The Labute approximate surface area is 161 Å². The van der Waals surface area contributed by atoms with E-state index in [9.17, 15) is 9.18 Å². The van der Waals surface area contributed by atoms with Gasteiger partial charge in [0, 0.05) is 32.1 Å². The Hall–Kier alpha value is -1.66. The maximum absolute atomic E-state index is 14.0. The molecule has 0 aliphatic carbocycles. The van der Waals surface area contributed by atoms with E-state index in [0.717, 1.165) is 51.7 Å². The second-order valence-corrected chi connectivity index (χ2v) is 7.68. The molecule has 2 atom stereocenters. The van der Waals surface area contributed by atoms with Gasteiger partial charge in [-0.1, -0.05) is 19.1 Å². The molecule has 2 aliphatic rings. The molecule has 2 saturated heterocycles. The summed E-state index contributed by atoms with van der Waals surface area (Å²) in [6.45, 7) is 4.87. The molecule has 1 aromatic rings. The third-order valence-electron chi connectivity index (χ3n) is 5.75. The van der Waals surface area contributed by atoms with Crippen LogP contribution in [0.5, 0.6) is 0 Å². The Morgan fingerprint density at radius 2 is 1.96 bits per heavy atom. The molecule has 0 saturated carbocycles. The van der Waals surface area contributed by atoms with Crippen LogP contribution < -0.4 is 10.6 Å². The summed E-state index contributed by atoms with van der Waals surface area (Å²) < 4.78 is 20.1. The van der Waals surface area contributed by atoms with Crippen molar-refractivity contribution in [2.24, 2.45) is 5.73 Å². The number of para-hydroxylation sites is 1. The Morgan fingerprint density at radius 1 is 1.22 bits per heavy atom. The fourth-order valence-electron chi connectivity index (χ4n) is 4.17. The zero-order valence-corrected chi connectivity index (χ0v) is 16.3. The summed E-state index contributed by atoms with van der Waals surface area (Å²) in [5.41, 5.74) is 6.98. The first-order valence-electron chi connectivity index (χ1n) is 10.3. The summed E-state index contributed by atoms with van der Waals surface area (Å²) in [5, 5.41) is 0. The number of nitrogens with two attached hydrogens (primary N) is 1. The number of likely N-dealkylation sites (tertiary alicyclic amines) is 1. The van der Waals surface area contributed by atoms with Gasteiger partial charge in [0.15, 0.2) is 0 Å². The van der Waals surface area contributed by atoms with Crippen molar-refractivity contribution < 1.29 is 13.9 Å². The van der Waals surface area contributed by atoms with E-state index in [0.29, 0.717) is 18.7 Å². The predicted octanol–water partition coefficient (Wildman–Crippen LogP) is 2.93. The van der Waals surface area contributed by atoms with E-state index in [1.165, 1.54) is 6.07 Å². The summed E-state index contributed by atoms with van der Waals surface area (Å²) in [4.78, 5) is 16.4. The molecule has 150 valence electrons. The molecule has 6 heteroatoms. The number of amides is 1. The monoisotopic (exact) mass is 377 g/mol. The molecule has 0 bridgehead atoms. The minimum atomic E-state index is -0.171. The van der Waals surface area contributed by atoms with Gasteiger partial charge in [0.25, 0.3) is 0 Å². The van der Waals surface area contributed by atoms with Crippen molar-refractivity contribution in [1.82, 2.24) is 4.90 Å². The lowest BCUT2D eigenvalue weighted by molar-refractivity contribution is -0.138. The molecule has 5 nitrogen and oxygen atoms in total. The van der Waals surface area contributed by atoms with Gasteiger partial charge in [0.2, 0.25) is 5.91 Å². The molecular weight excluding hydrogens is 345 g/mol. The number of carbonyl (C=O) groups excluding carboxylic acids is 1. The lowest BCUT2D eigenvalue weighted by atomic mass is 9.96. The van der Waals surface area contributed by atoms with E-state index in [-0.39, 0.29) is 29.9 Å². The second-order valence-electron chi connectivity index (χ2n) is 7.68. The van der Waals surface area contributed by atoms with Crippen molar-refractivity contribution in [2.45, 2.75) is 63.6 Å². The Bertz CT molecular complexity index is 619. The minimum Gasteiger partial charge on any atom is -0.376 e. The van der Waals surface area contributed by atoms with Gasteiger partial charge in [-0.2, -0.15) is 0 Å². The molecule has 2 N–H and O–H groups in total. The first-order chi connectivity index (χ1) is 13.1. The fourth-order valence-corrected chi connectivity index (χ4v) is 4.17. The number of nitrogens with zero attached hydrogens (tertiary/aromatic N) is 2. The molecule has 0 unspecified atom stereocenters. The molecule has 3 rings (SSSR count). The molecule has 1 aromatic carbocycles. The lowest BCUT2D eigenvalue weighted by Gasteiger charge is -2.41. The number of rotatable bonds is 6. The van der Waals surface area contributed by atoms with Crippen LogP contribution in [-0.2, 0) is 9.53 Å². The van der Waals surface area contributed by atoms with E-state index in [1.54, 1.807) is 6.07 Å². The standard InChI is InChI=1S/C21H32FN3O2/c1-2-6-21(26)25-12-5-8-18(23)20(25)15-27-16-10-13-24(14-11-16)19-9-4-3-7-17(19)22/h3-4,7,9,16,18,20H,2,5-6,8,10-15,23H2,1H3/t18-,20-/m0/s1. The van der Waals surface area contributed by atoms with Crippen LogP contribution in [0.25, 0.3) is 0 Å². The second kappa shape index (κ2) is 9.51. The average Bonchev–Trinajstić information content (AvgIpc) is 2.68. The van der Waals surface area contributed by atoms with Crippen molar-refractivity contribution in [2.75, 3.05) is 31.1 Å². The number of halogens is 1. The summed E-state index contributed by atoms with van der Waals surface area (Å²) in [7, 11) is 0. The van der Waals surface area contributed by atoms with Crippen LogP contribution in [0.15, 0.2) is 24.3 Å². The molecule has 1 amide bonds. The van der Waals surface area contributed by atoms with E-state index in [1.807, 2.05) is 24.0 Å². The number of carbonyl (C=O) groups is 1. The van der Waals surface area contributed by atoms with Crippen molar-refractivity contribution in [1.29, 1.82) is 0 Å². The number of hydrogen-bond acceptors (Lipinski definition) is 4. The number of benzene rings is 1. The largest absolute Gasteiger partial charge is 0.376 e. The van der Waals surface area contributed by atoms with Gasteiger partial charge in [0.1, 0.15) is 5.82 Å². The summed E-state index contributed by atoms with van der Waals surface area (Å²) >= 11 is 0. The Morgan fingerprint density at radius 3 is 2.67 bits per heavy atom. The Balaban J connectivity index is 1.51. The van der Waals surface area contributed by atoms with Crippen LogP contribution in [0.1, 0.15) is 45.4 Å². The number of hydrogen-bond donors (Lipinski definition) is 1. The predicted molar refractivity (Wildman–Crippen MR) is 105 cm³/mol. The Kier molecular flexibility index (Phi) is 7.07. The molecular formula is C21H32FN3O2. The molecule has 0 spiro atoms. The van der Waals surface area contributed by atoms with E-state index in [4.69, 9.17) is 10.5 Å². The number of anilines is 1. The van der Waals surface area contributed by atoms with E-state index in [2.05, 4.69) is 4.90 Å². The molecule has 2 fully saturated rings. The zero-order chi connectivity index (χ0) is 19.2. The highest BCUT2D eigenvalue weighted by Gasteiger charge is 2.33. The number of ether oxygens (including phenoxy) is 1. The smallest absolute Gasteiger partial charge is 0.222 e. The minimum absolute atomic E-state index is 0.0157. The third kappa shape index (κ3) is 4.99. The molecule has 2 aliphatic heterocycles. The van der Waals surface area contributed by atoms with Gasteiger partial charge in [-0.05, 0) is 44.2 Å². The number of piperidine rings is 2. The van der Waals surface area contributed by atoms with Gasteiger partial charge >= 0.3 is 0 Å². The van der Waals surface area contributed by atoms with E-state index >= 15 is 0 Å². The van der Waals surface area contributed by atoms with Gasteiger partial charge in [-0.3, -0.25) is 4.79 Å². The fraction of sp³-hybridized carbons (Fsp3) is 0.667. The SMILES string of the molecule is CCCC(=O)N1CCC[C@H](N)[C@@H]1COC1CCN(c2ccccc2F)CC1. The van der Waals surface area contributed by atoms with Crippen LogP contribution in [0.2, 0.25) is 0 Å². The summed E-state index contributed by atoms with van der Waals surface area (Å²) in [6, 6.07) is 6.88. The van der Waals surface area contributed by atoms with Gasteiger partial charge < -0.3 is 20.3 Å². The zero-order valence-electron chi connectivity index (χ0n) is 16.3. The van der Waals surface area contributed by atoms with Crippen molar-refractivity contribution >= 4 is 11.6 Å². The van der Waals surface area contributed by atoms with Gasteiger partial charge in [0.05, 0.1) is 24.4 Å². The van der Waals surface area contributed by atoms with Crippen LogP contribution in [0, 0.1) is 5.82 Å². The summed E-state index contributed by atoms with van der Waals surface area (Å²) in [5.74, 6) is 0.0192. The highest BCUT2D eigenvalue weighted by molar-refractivity contribution is 5.76. The molecule has 0 aromatic heterocycles. The average molecular weight is 378 g/mol. The molecule has 0 radical (unpaired) electrons. The normalized spacial score (nSPS) is 24.3. The highest BCUT2D eigenvalue weighted by Crippen LogP contribution is 2.25. The van der Waals surface area contributed by atoms with Gasteiger partial charge in [-0.15, -0.1) is 0 Å². The molecule has 27 heavy (non-hydrogen) atoms. The first kappa shape index (κ1) is 20.1. The van der Waals surface area contributed by atoms with Crippen LogP contribution in [0.4, 0.5) is 10.1 Å². The van der Waals surface area contributed by atoms with Gasteiger partial charge in [-0.25, -0.2) is 4.39 Å². The maximum Gasteiger partial charge on any atom is 0.222 e. The quantitative estimate of drug-likeness (QED) is 0.828. The first-order valence-corrected chi connectivity index (χ1v) is 10.3. The van der Waals surface area contributed by atoms with Crippen molar-refractivity contribution in [3.63, 3.8) is 0 Å². The van der Waals surface area contributed by atoms with Crippen LogP contribution in [-0.4, -0.2) is 55.2 Å². The van der Waals surface area contributed by atoms with Crippen molar-refractivity contribution in [3.05, 3.63) is 30.1 Å². The topological polar surface area (TPSA) is 58.8 Å². The van der Waals surface area contributed by atoms with Crippen LogP contribution >= 0.6 is 0 Å². The van der Waals surface area contributed by atoms with E-state index < -0.39 is 0 Å².